The van der Waals surface area contributed by atoms with Crippen molar-refractivity contribution in [2.24, 2.45) is 5.92 Å². The van der Waals surface area contributed by atoms with Crippen molar-refractivity contribution in [2.45, 2.75) is 6.42 Å². The van der Waals surface area contributed by atoms with E-state index >= 15 is 0 Å². The Labute approximate surface area is 111 Å². The molecule has 0 radical (unpaired) electrons. The highest BCUT2D eigenvalue weighted by Crippen LogP contribution is 2.29. The van der Waals surface area contributed by atoms with Crippen molar-refractivity contribution in [3.05, 3.63) is 34.0 Å². The van der Waals surface area contributed by atoms with Crippen LogP contribution in [0.1, 0.15) is 6.42 Å². The van der Waals surface area contributed by atoms with Crippen LogP contribution in [0.2, 0.25) is 0 Å². The first kappa shape index (κ1) is 11.8. The van der Waals surface area contributed by atoms with Crippen molar-refractivity contribution in [1.29, 1.82) is 0 Å². The van der Waals surface area contributed by atoms with Crippen molar-refractivity contribution < 1.29 is 4.79 Å². The van der Waals surface area contributed by atoms with Crippen LogP contribution in [0.3, 0.4) is 0 Å². The van der Waals surface area contributed by atoms with E-state index in [9.17, 15) is 4.79 Å². The zero-order chi connectivity index (χ0) is 11.7. The smallest absolute Gasteiger partial charge is 0.227 e. The number of halogens is 2. The fourth-order valence-electron chi connectivity index (χ4n) is 1.70. The lowest BCUT2D eigenvalue weighted by molar-refractivity contribution is -0.117. The maximum absolute atomic E-state index is 11.8. The lowest BCUT2D eigenvalue weighted by Crippen LogP contribution is -2.24. The highest BCUT2D eigenvalue weighted by Gasteiger charge is 2.29. The summed E-state index contributed by atoms with van der Waals surface area (Å²) < 4.78 is 1.59. The zero-order valence-electron chi connectivity index (χ0n) is 8.49. The molecule has 0 bridgehead atoms. The Bertz CT molecular complexity index is 448. The molecule has 0 N–H and O–H groups in total. The minimum absolute atomic E-state index is 0.126. The highest BCUT2D eigenvalue weighted by atomic mass is 79.9. The number of hydrogen-bond acceptors (Lipinski definition) is 2. The number of pyridine rings is 1. The van der Waals surface area contributed by atoms with Gasteiger partial charge in [-0.05, 0) is 37.9 Å². The second kappa shape index (κ2) is 4.67. The summed E-state index contributed by atoms with van der Waals surface area (Å²) in [5.41, 5.74) is 0.824. The lowest BCUT2D eigenvalue weighted by atomic mass is 10.1. The van der Waals surface area contributed by atoms with Crippen molar-refractivity contribution in [2.75, 3.05) is 11.4 Å². The molecule has 1 fully saturated rings. The first-order valence-electron chi connectivity index (χ1n) is 4.85. The molecule has 1 aliphatic rings. The minimum atomic E-state index is 0.126. The van der Waals surface area contributed by atoms with Crippen molar-refractivity contribution in [3.8, 4) is 0 Å². The van der Waals surface area contributed by atoms with Gasteiger partial charge in [0.1, 0.15) is 4.60 Å². The SMILES string of the molecule is C=CC1CC(=O)N(c2cnc(Br)c(Br)c2)C1. The molecule has 0 aromatic carbocycles. The molecule has 16 heavy (non-hydrogen) atoms. The first-order valence-corrected chi connectivity index (χ1v) is 6.44. The third kappa shape index (κ3) is 2.20. The number of carbonyl (C=O) groups excluding carboxylic acids is 1. The summed E-state index contributed by atoms with van der Waals surface area (Å²) in [5, 5.41) is 0. The first-order chi connectivity index (χ1) is 7.61. The van der Waals surface area contributed by atoms with Gasteiger partial charge >= 0.3 is 0 Å². The molecule has 5 heteroatoms. The number of aromatic nitrogens is 1. The number of rotatable bonds is 2. The molecule has 84 valence electrons. The van der Waals surface area contributed by atoms with Gasteiger partial charge in [0, 0.05) is 18.9 Å². The molecular formula is C11H10Br2N2O. The van der Waals surface area contributed by atoms with Gasteiger partial charge in [-0.1, -0.05) is 6.08 Å². The van der Waals surface area contributed by atoms with Gasteiger partial charge in [-0.2, -0.15) is 0 Å². The van der Waals surface area contributed by atoms with E-state index in [1.165, 1.54) is 0 Å². The molecule has 1 unspecified atom stereocenters. The quantitative estimate of drug-likeness (QED) is 0.609. The lowest BCUT2D eigenvalue weighted by Gasteiger charge is -2.16. The van der Waals surface area contributed by atoms with E-state index in [1.807, 2.05) is 12.1 Å². The molecule has 2 rings (SSSR count). The van der Waals surface area contributed by atoms with Crippen LogP contribution < -0.4 is 4.90 Å². The van der Waals surface area contributed by atoms with E-state index in [2.05, 4.69) is 43.4 Å². The molecule has 1 saturated heterocycles. The van der Waals surface area contributed by atoms with E-state index in [4.69, 9.17) is 0 Å². The van der Waals surface area contributed by atoms with Gasteiger partial charge in [-0.3, -0.25) is 4.79 Å². The fraction of sp³-hybridized carbons (Fsp3) is 0.273. The van der Waals surface area contributed by atoms with E-state index in [-0.39, 0.29) is 11.8 Å². The van der Waals surface area contributed by atoms with Gasteiger partial charge < -0.3 is 4.90 Å². The number of hydrogen-bond donors (Lipinski definition) is 0. The Balaban J connectivity index is 2.27. The summed E-state index contributed by atoms with van der Waals surface area (Å²) in [6, 6.07) is 1.89. The molecule has 3 nitrogen and oxygen atoms in total. The summed E-state index contributed by atoms with van der Waals surface area (Å²) in [5.74, 6) is 0.371. The second-order valence-corrected chi connectivity index (χ2v) is 5.28. The van der Waals surface area contributed by atoms with E-state index in [0.29, 0.717) is 13.0 Å². The van der Waals surface area contributed by atoms with Gasteiger partial charge in [0.15, 0.2) is 0 Å². The van der Waals surface area contributed by atoms with E-state index in [1.54, 1.807) is 11.1 Å². The van der Waals surface area contributed by atoms with Gasteiger partial charge in [0.2, 0.25) is 5.91 Å². The van der Waals surface area contributed by atoms with Crippen LogP contribution in [0.25, 0.3) is 0 Å². The highest BCUT2D eigenvalue weighted by molar-refractivity contribution is 9.13. The Morgan fingerprint density at radius 3 is 2.88 bits per heavy atom. The van der Waals surface area contributed by atoms with E-state index < -0.39 is 0 Å². The molecule has 0 saturated carbocycles. The third-order valence-corrected chi connectivity index (χ3v) is 4.35. The zero-order valence-corrected chi connectivity index (χ0v) is 11.7. The molecule has 0 aliphatic carbocycles. The monoisotopic (exact) mass is 344 g/mol. The summed E-state index contributed by atoms with van der Waals surface area (Å²) in [4.78, 5) is 17.7. The number of amides is 1. The number of anilines is 1. The normalized spacial score (nSPS) is 20.2. The molecule has 0 spiro atoms. The van der Waals surface area contributed by atoms with Crippen LogP contribution in [-0.4, -0.2) is 17.4 Å². The molecule has 1 aliphatic heterocycles. The Morgan fingerprint density at radius 2 is 2.31 bits per heavy atom. The molecular weight excluding hydrogens is 336 g/mol. The summed E-state index contributed by atoms with van der Waals surface area (Å²) in [7, 11) is 0. The predicted molar refractivity (Wildman–Crippen MR) is 70.3 cm³/mol. The van der Waals surface area contributed by atoms with Crippen LogP contribution >= 0.6 is 31.9 Å². The summed E-state index contributed by atoms with van der Waals surface area (Å²) in [6.07, 6.45) is 4.06. The van der Waals surface area contributed by atoms with Gasteiger partial charge in [0.25, 0.3) is 0 Å². The molecule has 1 atom stereocenters. The average molecular weight is 346 g/mol. The maximum Gasteiger partial charge on any atom is 0.227 e. The maximum atomic E-state index is 11.8. The summed E-state index contributed by atoms with van der Waals surface area (Å²) >= 11 is 6.68. The Hall–Kier alpha value is -0.680. The van der Waals surface area contributed by atoms with E-state index in [0.717, 1.165) is 14.8 Å². The number of carbonyl (C=O) groups is 1. The van der Waals surface area contributed by atoms with Crippen molar-refractivity contribution >= 4 is 43.5 Å². The topological polar surface area (TPSA) is 33.2 Å². The Morgan fingerprint density at radius 1 is 1.56 bits per heavy atom. The van der Waals surface area contributed by atoms with Gasteiger partial charge in [-0.25, -0.2) is 4.98 Å². The van der Waals surface area contributed by atoms with Crippen molar-refractivity contribution in [3.63, 3.8) is 0 Å². The van der Waals surface area contributed by atoms with Gasteiger partial charge in [0.05, 0.1) is 16.4 Å². The number of nitrogens with zero attached hydrogens (tertiary/aromatic N) is 2. The fourth-order valence-corrected chi connectivity index (χ4v) is 2.26. The molecule has 1 aromatic heterocycles. The predicted octanol–water partition coefficient (Wildman–Crippen LogP) is 3.15. The van der Waals surface area contributed by atoms with Gasteiger partial charge in [-0.15, -0.1) is 6.58 Å². The molecule has 1 amide bonds. The summed E-state index contributed by atoms with van der Waals surface area (Å²) in [6.45, 7) is 4.42. The minimum Gasteiger partial charge on any atom is -0.310 e. The standard InChI is InChI=1S/C11H10Br2N2O/c1-2-7-3-10(16)15(6-7)8-4-9(12)11(13)14-5-8/h2,4-5,7H,1,3,6H2. The van der Waals surface area contributed by atoms with Crippen LogP contribution in [0.5, 0.6) is 0 Å². The third-order valence-electron chi connectivity index (χ3n) is 2.58. The van der Waals surface area contributed by atoms with Crippen LogP contribution in [0, 0.1) is 5.92 Å². The average Bonchev–Trinajstić information content (AvgIpc) is 2.64. The van der Waals surface area contributed by atoms with Crippen LogP contribution in [-0.2, 0) is 4.79 Å². The molecule has 2 heterocycles. The van der Waals surface area contributed by atoms with Crippen LogP contribution in [0.15, 0.2) is 34.0 Å². The van der Waals surface area contributed by atoms with Crippen LogP contribution in [0.4, 0.5) is 5.69 Å². The second-order valence-electron chi connectivity index (χ2n) is 3.67. The molecule has 1 aromatic rings. The largest absolute Gasteiger partial charge is 0.310 e. The van der Waals surface area contributed by atoms with Crippen molar-refractivity contribution in [1.82, 2.24) is 4.98 Å². The Kier molecular flexibility index (Phi) is 3.44.